The van der Waals surface area contributed by atoms with E-state index in [0.29, 0.717) is 0 Å². The molecule has 0 aromatic rings. The Kier molecular flexibility index (Phi) is 3.11. The zero-order valence-electron chi connectivity index (χ0n) is 5.76. The number of carbonyl (C=O) groups excluding carboxylic acids is 2. The predicted molar refractivity (Wildman–Crippen MR) is 38.2 cm³/mol. The van der Waals surface area contributed by atoms with Crippen LogP contribution in [-0.2, 0) is 9.59 Å². The molecule has 2 N–H and O–H groups in total. The summed E-state index contributed by atoms with van der Waals surface area (Å²) < 4.78 is 0. The fourth-order valence-electron chi connectivity index (χ4n) is 0.343. The third kappa shape index (κ3) is 2.81. The van der Waals surface area contributed by atoms with E-state index in [1.54, 1.807) is 0 Å². The Morgan fingerprint density at radius 3 is 2.30 bits per heavy atom. The highest BCUT2D eigenvalue weighted by molar-refractivity contribution is 6.05. The molecule has 0 saturated carbocycles. The Bertz CT molecular complexity index is 204. The molecule has 0 unspecified atom stereocenters. The minimum atomic E-state index is -0.588. The molecule has 0 bridgehead atoms. The lowest BCUT2D eigenvalue weighted by Gasteiger charge is -1.89. The quantitative estimate of drug-likeness (QED) is 0.567. The lowest BCUT2D eigenvalue weighted by molar-refractivity contribution is -0.115. The Hall–Kier alpha value is -1.38. The van der Waals surface area contributed by atoms with Crippen LogP contribution in [0.15, 0.2) is 24.3 Å². The van der Waals surface area contributed by atoms with Crippen LogP contribution in [0.5, 0.6) is 0 Å². The van der Waals surface area contributed by atoms with Crippen LogP contribution in [0.4, 0.5) is 0 Å². The fraction of sp³-hybridized carbons (Fsp3) is 0.143. The molecule has 0 atom stereocenters. The minimum absolute atomic E-state index is 0.241. The highest BCUT2D eigenvalue weighted by atomic mass is 16.1. The second-order valence-electron chi connectivity index (χ2n) is 1.80. The van der Waals surface area contributed by atoms with Crippen molar-refractivity contribution in [2.24, 2.45) is 5.73 Å². The van der Waals surface area contributed by atoms with Gasteiger partial charge in [0.2, 0.25) is 5.91 Å². The summed E-state index contributed by atoms with van der Waals surface area (Å²) >= 11 is 0. The van der Waals surface area contributed by atoms with Gasteiger partial charge >= 0.3 is 0 Å². The highest BCUT2D eigenvalue weighted by Crippen LogP contribution is 1.90. The number of carbonyl (C=O) groups is 2. The number of hydrogen-bond acceptors (Lipinski definition) is 2. The third-order valence-electron chi connectivity index (χ3n) is 0.949. The van der Waals surface area contributed by atoms with Crippen LogP contribution in [0.2, 0.25) is 0 Å². The normalized spacial score (nSPS) is 10.7. The number of amides is 1. The van der Waals surface area contributed by atoms with E-state index in [2.05, 4.69) is 6.58 Å². The van der Waals surface area contributed by atoms with Crippen molar-refractivity contribution in [1.82, 2.24) is 0 Å². The van der Waals surface area contributed by atoms with Crippen molar-refractivity contribution in [3.05, 3.63) is 24.3 Å². The molecular formula is C7H9NO2. The molecule has 3 nitrogen and oxygen atoms in total. The van der Waals surface area contributed by atoms with Crippen LogP contribution in [-0.4, -0.2) is 11.7 Å². The Morgan fingerprint density at radius 1 is 1.50 bits per heavy atom. The molecule has 0 aromatic heterocycles. The topological polar surface area (TPSA) is 60.2 Å². The molecule has 0 spiro atoms. The summed E-state index contributed by atoms with van der Waals surface area (Å²) in [7, 11) is 0. The third-order valence-corrected chi connectivity index (χ3v) is 0.949. The first-order valence-electron chi connectivity index (χ1n) is 2.72. The number of ketones is 1. The molecule has 0 rings (SSSR count). The number of hydrogen-bond donors (Lipinski definition) is 1. The van der Waals surface area contributed by atoms with Gasteiger partial charge in [-0.1, -0.05) is 6.58 Å². The fourth-order valence-corrected chi connectivity index (χ4v) is 0.343. The first kappa shape index (κ1) is 8.62. The van der Waals surface area contributed by atoms with Crippen LogP contribution in [0.25, 0.3) is 0 Å². The lowest BCUT2D eigenvalue weighted by Crippen LogP contribution is -2.12. The Labute approximate surface area is 59.2 Å². The average molecular weight is 139 g/mol. The van der Waals surface area contributed by atoms with Crippen molar-refractivity contribution in [3.63, 3.8) is 0 Å². The minimum Gasteiger partial charge on any atom is -0.366 e. The van der Waals surface area contributed by atoms with E-state index < -0.39 is 5.91 Å². The average Bonchev–Trinajstić information content (AvgIpc) is 1.87. The van der Waals surface area contributed by atoms with Crippen molar-refractivity contribution < 1.29 is 9.59 Å². The zero-order chi connectivity index (χ0) is 8.15. The smallest absolute Gasteiger partial charge is 0.244 e. The van der Waals surface area contributed by atoms with Crippen LogP contribution in [0, 0.1) is 0 Å². The predicted octanol–water partition coefficient (Wildman–Crippen LogP) is 0.173. The van der Waals surface area contributed by atoms with Crippen molar-refractivity contribution in [2.75, 3.05) is 0 Å². The van der Waals surface area contributed by atoms with Crippen molar-refractivity contribution >= 4 is 11.7 Å². The van der Waals surface area contributed by atoms with Crippen molar-refractivity contribution in [3.8, 4) is 0 Å². The lowest BCUT2D eigenvalue weighted by atomic mass is 10.2. The van der Waals surface area contributed by atoms with Crippen molar-refractivity contribution in [2.45, 2.75) is 6.92 Å². The van der Waals surface area contributed by atoms with Crippen LogP contribution < -0.4 is 5.73 Å². The summed E-state index contributed by atoms with van der Waals surface area (Å²) in [6.07, 6.45) is 2.27. The molecule has 0 heterocycles. The van der Waals surface area contributed by atoms with E-state index in [1.807, 2.05) is 0 Å². The number of nitrogens with two attached hydrogens (primary N) is 1. The second-order valence-corrected chi connectivity index (χ2v) is 1.80. The van der Waals surface area contributed by atoms with E-state index in [4.69, 9.17) is 5.73 Å². The van der Waals surface area contributed by atoms with Crippen molar-refractivity contribution in [1.29, 1.82) is 0 Å². The van der Waals surface area contributed by atoms with E-state index in [-0.39, 0.29) is 11.4 Å². The second kappa shape index (κ2) is 3.61. The number of primary amides is 1. The molecule has 0 aliphatic heterocycles. The monoisotopic (exact) mass is 139 g/mol. The van der Waals surface area contributed by atoms with E-state index in [0.717, 1.165) is 12.2 Å². The van der Waals surface area contributed by atoms with E-state index in [9.17, 15) is 9.59 Å². The zero-order valence-corrected chi connectivity index (χ0v) is 5.76. The summed E-state index contributed by atoms with van der Waals surface area (Å²) in [5, 5.41) is 0. The maximum absolute atomic E-state index is 10.5. The molecule has 0 fully saturated rings. The Balaban J connectivity index is 4.30. The first-order valence-corrected chi connectivity index (χ1v) is 2.72. The summed E-state index contributed by atoms with van der Waals surface area (Å²) in [6, 6.07) is 0. The van der Waals surface area contributed by atoms with Gasteiger partial charge in [-0.15, -0.1) is 0 Å². The van der Waals surface area contributed by atoms with Gasteiger partial charge in [-0.3, -0.25) is 9.59 Å². The molecule has 0 radical (unpaired) electrons. The van der Waals surface area contributed by atoms with E-state index in [1.165, 1.54) is 6.92 Å². The number of rotatable bonds is 3. The molecule has 1 amide bonds. The van der Waals surface area contributed by atoms with Gasteiger partial charge in [0.1, 0.15) is 0 Å². The molecule has 0 aromatic carbocycles. The molecule has 0 aliphatic rings. The van der Waals surface area contributed by atoms with Gasteiger partial charge in [0.15, 0.2) is 5.78 Å². The molecule has 54 valence electrons. The maximum Gasteiger partial charge on any atom is 0.244 e. The standard InChI is InChI=1S/C7H9NO2/c1-3-6(9)4-5(2)7(8)10/h3-4H,1H2,2H3,(H2,8,10). The first-order chi connectivity index (χ1) is 4.57. The summed E-state index contributed by atoms with van der Waals surface area (Å²) in [6.45, 7) is 4.70. The highest BCUT2D eigenvalue weighted by Gasteiger charge is 1.97. The molecule has 10 heavy (non-hydrogen) atoms. The largest absolute Gasteiger partial charge is 0.366 e. The van der Waals surface area contributed by atoms with Crippen LogP contribution in [0.3, 0.4) is 0 Å². The van der Waals surface area contributed by atoms with E-state index >= 15 is 0 Å². The molecule has 0 saturated heterocycles. The summed E-state index contributed by atoms with van der Waals surface area (Å²) in [5.74, 6) is -0.897. The Morgan fingerprint density at radius 2 is 2.00 bits per heavy atom. The van der Waals surface area contributed by atoms with Crippen LogP contribution in [0.1, 0.15) is 6.92 Å². The van der Waals surface area contributed by atoms with Gasteiger partial charge in [0.05, 0.1) is 0 Å². The molecular weight excluding hydrogens is 130 g/mol. The van der Waals surface area contributed by atoms with Gasteiger partial charge in [0, 0.05) is 5.57 Å². The summed E-state index contributed by atoms with van der Waals surface area (Å²) in [5.41, 5.74) is 5.09. The summed E-state index contributed by atoms with van der Waals surface area (Å²) in [4.78, 5) is 20.8. The van der Waals surface area contributed by atoms with Gasteiger partial charge in [-0.05, 0) is 19.1 Å². The maximum atomic E-state index is 10.5. The van der Waals surface area contributed by atoms with Gasteiger partial charge in [-0.25, -0.2) is 0 Å². The van der Waals surface area contributed by atoms with Gasteiger partial charge in [-0.2, -0.15) is 0 Å². The van der Waals surface area contributed by atoms with Crippen LogP contribution >= 0.6 is 0 Å². The van der Waals surface area contributed by atoms with Gasteiger partial charge in [0.25, 0.3) is 0 Å². The SMILES string of the molecule is C=CC(=O)C=C(C)C(N)=O. The molecule has 0 aliphatic carbocycles. The number of allylic oxidation sites excluding steroid dienone is 2. The molecule has 3 heteroatoms. The van der Waals surface area contributed by atoms with Gasteiger partial charge < -0.3 is 5.73 Å².